The van der Waals surface area contributed by atoms with Crippen LogP contribution >= 0.6 is 23.2 Å². The van der Waals surface area contributed by atoms with Gasteiger partial charge < -0.3 is 4.98 Å². The van der Waals surface area contributed by atoms with Crippen LogP contribution in [0, 0.1) is 0 Å². The number of rotatable bonds is 0. The number of benzene rings is 1. The molecule has 4 aromatic rings. The zero-order chi connectivity index (χ0) is 12.3. The Morgan fingerprint density at radius 2 is 1.94 bits per heavy atom. The maximum atomic E-state index is 6.06. The van der Waals surface area contributed by atoms with Crippen molar-refractivity contribution in [1.82, 2.24) is 14.4 Å². The summed E-state index contributed by atoms with van der Waals surface area (Å²) in [5.74, 6) is 0. The largest absolute Gasteiger partial charge is 0.339 e. The summed E-state index contributed by atoms with van der Waals surface area (Å²) in [7, 11) is 0. The maximum Gasteiger partial charge on any atom is 0.143 e. The molecule has 4 rings (SSSR count). The van der Waals surface area contributed by atoms with Gasteiger partial charge in [-0.3, -0.25) is 4.40 Å². The van der Waals surface area contributed by atoms with E-state index < -0.39 is 0 Å². The zero-order valence-corrected chi connectivity index (χ0v) is 10.6. The molecular weight excluding hydrogens is 269 g/mol. The molecule has 0 bridgehead atoms. The van der Waals surface area contributed by atoms with Crippen LogP contribution in [0.4, 0.5) is 0 Å². The van der Waals surface area contributed by atoms with Gasteiger partial charge >= 0.3 is 0 Å². The third-order valence-electron chi connectivity index (χ3n) is 3.10. The molecule has 0 aliphatic carbocycles. The van der Waals surface area contributed by atoms with Crippen molar-refractivity contribution in [2.75, 3.05) is 0 Å². The van der Waals surface area contributed by atoms with E-state index in [2.05, 4.69) is 9.97 Å². The zero-order valence-electron chi connectivity index (χ0n) is 9.11. The molecule has 0 radical (unpaired) electrons. The molecular formula is C13H7Cl2N3. The number of pyridine rings is 1. The van der Waals surface area contributed by atoms with Crippen LogP contribution in [0.2, 0.25) is 10.0 Å². The molecule has 18 heavy (non-hydrogen) atoms. The topological polar surface area (TPSA) is 33.1 Å². The predicted octanol–water partition coefficient (Wildman–Crippen LogP) is 4.28. The highest BCUT2D eigenvalue weighted by atomic mass is 35.5. The minimum Gasteiger partial charge on any atom is -0.339 e. The van der Waals surface area contributed by atoms with Crippen LogP contribution in [0.1, 0.15) is 0 Å². The quantitative estimate of drug-likeness (QED) is 0.511. The molecule has 3 nitrogen and oxygen atoms in total. The number of hydrogen-bond acceptors (Lipinski definition) is 1. The number of aromatic nitrogens is 3. The van der Waals surface area contributed by atoms with E-state index in [0.717, 1.165) is 27.7 Å². The number of aromatic amines is 1. The Kier molecular flexibility index (Phi) is 1.93. The van der Waals surface area contributed by atoms with Gasteiger partial charge in [0.05, 0.1) is 15.6 Å². The summed E-state index contributed by atoms with van der Waals surface area (Å²) in [5, 5.41) is 2.08. The summed E-state index contributed by atoms with van der Waals surface area (Å²) in [6.45, 7) is 0. The first kappa shape index (κ1) is 10.2. The molecule has 88 valence electrons. The Hall–Kier alpha value is -1.71. The normalized spacial score (nSPS) is 11.9. The van der Waals surface area contributed by atoms with E-state index in [1.807, 2.05) is 40.9 Å². The lowest BCUT2D eigenvalue weighted by molar-refractivity contribution is 1.20. The second-order valence-corrected chi connectivity index (χ2v) is 4.99. The minimum atomic E-state index is 0.544. The molecule has 0 atom stereocenters. The number of H-pyrrole nitrogens is 1. The smallest absolute Gasteiger partial charge is 0.143 e. The van der Waals surface area contributed by atoms with Crippen molar-refractivity contribution in [2.24, 2.45) is 0 Å². The van der Waals surface area contributed by atoms with E-state index in [1.165, 1.54) is 0 Å². The van der Waals surface area contributed by atoms with E-state index in [9.17, 15) is 0 Å². The summed E-state index contributed by atoms with van der Waals surface area (Å²) in [6, 6.07) is 9.59. The molecule has 0 aliphatic heterocycles. The van der Waals surface area contributed by atoms with Crippen molar-refractivity contribution in [1.29, 1.82) is 0 Å². The number of imidazole rings is 1. The molecule has 5 heteroatoms. The number of fused-ring (bicyclic) bond motifs is 5. The van der Waals surface area contributed by atoms with Gasteiger partial charge in [-0.15, -0.1) is 0 Å². The Morgan fingerprint density at radius 3 is 2.83 bits per heavy atom. The SMILES string of the molecule is Clc1cc2[nH]c3c(nc4ccccn43)c2cc1Cl. The van der Waals surface area contributed by atoms with Crippen LogP contribution in [0.25, 0.3) is 27.7 Å². The van der Waals surface area contributed by atoms with Crippen molar-refractivity contribution in [3.63, 3.8) is 0 Å². The molecule has 1 aromatic carbocycles. The summed E-state index contributed by atoms with van der Waals surface area (Å²) in [6.07, 6.45) is 1.98. The first-order valence-corrected chi connectivity index (χ1v) is 6.23. The van der Waals surface area contributed by atoms with E-state index in [0.29, 0.717) is 10.0 Å². The average molecular weight is 276 g/mol. The van der Waals surface area contributed by atoms with E-state index in [4.69, 9.17) is 23.2 Å². The summed E-state index contributed by atoms with van der Waals surface area (Å²) >= 11 is 12.1. The predicted molar refractivity (Wildman–Crippen MR) is 74.6 cm³/mol. The summed E-state index contributed by atoms with van der Waals surface area (Å²) < 4.78 is 2.01. The molecule has 3 aromatic heterocycles. The number of halogens is 2. The fourth-order valence-corrected chi connectivity index (χ4v) is 2.60. The van der Waals surface area contributed by atoms with E-state index in [-0.39, 0.29) is 0 Å². The molecule has 0 unspecified atom stereocenters. The van der Waals surface area contributed by atoms with Crippen LogP contribution in [0.3, 0.4) is 0 Å². The Labute approximate surface area is 112 Å². The van der Waals surface area contributed by atoms with Crippen LogP contribution < -0.4 is 0 Å². The minimum absolute atomic E-state index is 0.544. The van der Waals surface area contributed by atoms with Crippen LogP contribution in [-0.4, -0.2) is 14.4 Å². The van der Waals surface area contributed by atoms with Gasteiger partial charge in [0.1, 0.15) is 16.8 Å². The highest BCUT2D eigenvalue weighted by Gasteiger charge is 2.12. The second-order valence-electron chi connectivity index (χ2n) is 4.17. The van der Waals surface area contributed by atoms with Crippen molar-refractivity contribution < 1.29 is 0 Å². The summed E-state index contributed by atoms with van der Waals surface area (Å²) in [4.78, 5) is 7.93. The average Bonchev–Trinajstić information content (AvgIpc) is 2.87. The molecule has 0 fully saturated rings. The fraction of sp³-hybridized carbons (Fsp3) is 0. The summed E-state index contributed by atoms with van der Waals surface area (Å²) in [5.41, 5.74) is 3.72. The highest BCUT2D eigenvalue weighted by molar-refractivity contribution is 6.43. The molecule has 3 heterocycles. The van der Waals surface area contributed by atoms with E-state index in [1.54, 1.807) is 0 Å². The molecule has 0 aliphatic rings. The lowest BCUT2D eigenvalue weighted by Crippen LogP contribution is -1.82. The van der Waals surface area contributed by atoms with Crippen molar-refractivity contribution >= 4 is 50.9 Å². The number of hydrogen-bond donors (Lipinski definition) is 1. The lowest BCUT2D eigenvalue weighted by Gasteiger charge is -1.95. The third-order valence-corrected chi connectivity index (χ3v) is 3.82. The first-order chi connectivity index (χ1) is 8.74. The standard InChI is InChI=1S/C13H7Cl2N3/c14-8-5-7-10(6-9(8)15)16-13-12(7)17-11-3-1-2-4-18(11)13/h1-6,16H. The van der Waals surface area contributed by atoms with Gasteiger partial charge in [0.2, 0.25) is 0 Å². The second kappa shape index (κ2) is 3.40. The number of nitrogens with zero attached hydrogens (tertiary/aromatic N) is 2. The van der Waals surface area contributed by atoms with Crippen molar-refractivity contribution in [3.8, 4) is 0 Å². The molecule has 0 amide bonds. The Morgan fingerprint density at radius 1 is 1.11 bits per heavy atom. The number of nitrogens with one attached hydrogen (secondary N) is 1. The molecule has 1 N–H and O–H groups in total. The van der Waals surface area contributed by atoms with Crippen LogP contribution in [0.15, 0.2) is 36.5 Å². The molecule has 0 saturated heterocycles. The van der Waals surface area contributed by atoms with Gasteiger partial charge in [-0.2, -0.15) is 0 Å². The monoisotopic (exact) mass is 275 g/mol. The van der Waals surface area contributed by atoms with E-state index >= 15 is 0 Å². The third kappa shape index (κ3) is 1.23. The fourth-order valence-electron chi connectivity index (χ4n) is 2.28. The van der Waals surface area contributed by atoms with Gasteiger partial charge in [-0.1, -0.05) is 29.3 Å². The van der Waals surface area contributed by atoms with Gasteiger partial charge in [0.25, 0.3) is 0 Å². The molecule has 0 spiro atoms. The highest BCUT2D eigenvalue weighted by Crippen LogP contribution is 2.32. The first-order valence-electron chi connectivity index (χ1n) is 5.47. The van der Waals surface area contributed by atoms with Crippen molar-refractivity contribution in [3.05, 3.63) is 46.6 Å². The maximum absolute atomic E-state index is 6.06. The van der Waals surface area contributed by atoms with Crippen molar-refractivity contribution in [2.45, 2.75) is 0 Å². The van der Waals surface area contributed by atoms with Crippen LogP contribution in [-0.2, 0) is 0 Å². The lowest BCUT2D eigenvalue weighted by atomic mass is 10.2. The van der Waals surface area contributed by atoms with Crippen LogP contribution in [0.5, 0.6) is 0 Å². The molecule has 0 saturated carbocycles. The van der Waals surface area contributed by atoms with Gasteiger partial charge in [0, 0.05) is 11.6 Å². The Balaban J connectivity index is 2.27. The van der Waals surface area contributed by atoms with Gasteiger partial charge in [-0.05, 0) is 24.3 Å². The van der Waals surface area contributed by atoms with Gasteiger partial charge in [-0.25, -0.2) is 4.98 Å². The van der Waals surface area contributed by atoms with Gasteiger partial charge in [0.15, 0.2) is 0 Å². The Bertz CT molecular complexity index is 905.